The third-order valence-electron chi connectivity index (χ3n) is 5.02. The summed E-state index contributed by atoms with van der Waals surface area (Å²) < 4.78 is 19.4. The first-order valence-corrected chi connectivity index (χ1v) is 17.2. The molecule has 0 nitrogen and oxygen atoms in total. The van der Waals surface area contributed by atoms with Crippen molar-refractivity contribution in [2.75, 3.05) is 0 Å². The van der Waals surface area contributed by atoms with Crippen LogP contribution in [0.5, 0.6) is 0 Å². The second kappa shape index (κ2) is 9.69. The van der Waals surface area contributed by atoms with Crippen molar-refractivity contribution in [2.24, 2.45) is 0 Å². The molecule has 4 heteroatoms. The maximum atomic E-state index is 14.3. The van der Waals surface area contributed by atoms with Crippen molar-refractivity contribution >= 4 is 61.0 Å². The molecule has 0 aliphatic heterocycles. The number of hydrogen-bond donors (Lipinski definition) is 0. The Kier molecular flexibility index (Phi) is 6.96. The van der Waals surface area contributed by atoms with Gasteiger partial charge in [0.15, 0.2) is 0 Å². The van der Waals surface area contributed by atoms with E-state index in [9.17, 15) is 4.39 Å². The summed E-state index contributed by atoms with van der Waals surface area (Å²) in [7, 11) is -1.44. The first-order valence-electron chi connectivity index (χ1n) is 10.3. The van der Waals surface area contributed by atoms with Crippen LogP contribution in [0.2, 0.25) is 19.6 Å². The van der Waals surface area contributed by atoms with Crippen molar-refractivity contribution in [3.63, 3.8) is 0 Å². The summed E-state index contributed by atoms with van der Waals surface area (Å²) in [6.45, 7) is 7.18. The zero-order valence-electron chi connectivity index (χ0n) is 17.9. The molecule has 0 fully saturated rings. The summed E-state index contributed by atoms with van der Waals surface area (Å²) in [5.74, 6) is -0.162. The molecule has 0 aromatic heterocycles. The van der Waals surface area contributed by atoms with Crippen LogP contribution >= 0.6 is 0 Å². The molecule has 0 atom stereocenters. The Morgan fingerprint density at radius 2 is 1.06 bits per heavy atom. The molecule has 31 heavy (non-hydrogen) atoms. The van der Waals surface area contributed by atoms with Crippen molar-refractivity contribution in [2.45, 2.75) is 19.6 Å². The molecule has 4 aromatic carbocycles. The molecule has 0 N–H and O–H groups in total. The van der Waals surface area contributed by atoms with Crippen LogP contribution in [0.3, 0.4) is 0 Å². The molecule has 4 aromatic rings. The molecule has 156 valence electrons. The van der Waals surface area contributed by atoms with Gasteiger partial charge in [-0.25, -0.2) is 0 Å². The van der Waals surface area contributed by atoms with Gasteiger partial charge in [0.05, 0.1) is 0 Å². The summed E-state index contributed by atoms with van der Waals surface area (Å²) in [6.07, 6.45) is 0. The van der Waals surface area contributed by atoms with Crippen LogP contribution in [-0.2, 0) is 0 Å². The zero-order valence-corrected chi connectivity index (χ0v) is 22.4. The normalized spacial score (nSPS) is 11.5. The molecule has 0 saturated carbocycles. The minimum atomic E-state index is -1.44. The average molecular weight is 555 g/mol. The fourth-order valence-corrected chi connectivity index (χ4v) is 8.98. The van der Waals surface area contributed by atoms with Crippen LogP contribution in [0.1, 0.15) is 0 Å². The van der Waals surface area contributed by atoms with Gasteiger partial charge in [-0.1, -0.05) is 0 Å². The van der Waals surface area contributed by atoms with Crippen LogP contribution in [0, 0.1) is 5.82 Å². The van der Waals surface area contributed by atoms with E-state index in [1.807, 2.05) is 12.1 Å². The van der Waals surface area contributed by atoms with E-state index in [4.69, 9.17) is 0 Å². The standard InChI is InChI=1S/C27H25FSe2Si/c1-31(2,3)23-15-17-25(27(19-23)30-22-12-8-5-9-13-22)24-16-14-20(28)18-26(24)29-21-10-6-4-7-11-21/h4-19H,1-3H3. The van der Waals surface area contributed by atoms with Crippen molar-refractivity contribution < 1.29 is 4.39 Å². The molecule has 0 saturated heterocycles. The summed E-state index contributed by atoms with van der Waals surface area (Å²) >= 11 is 0.241. The van der Waals surface area contributed by atoms with Gasteiger partial charge >= 0.3 is 199 Å². The van der Waals surface area contributed by atoms with Crippen LogP contribution in [0.25, 0.3) is 11.1 Å². The Morgan fingerprint density at radius 3 is 1.58 bits per heavy atom. The van der Waals surface area contributed by atoms with Gasteiger partial charge in [0, 0.05) is 0 Å². The Bertz CT molecular complexity index is 1170. The molecular formula is C27H25FSe2Si. The molecule has 0 heterocycles. The van der Waals surface area contributed by atoms with Gasteiger partial charge in [0.1, 0.15) is 0 Å². The van der Waals surface area contributed by atoms with Gasteiger partial charge in [0.2, 0.25) is 0 Å². The first kappa shape index (κ1) is 22.3. The predicted octanol–water partition coefficient (Wildman–Crippen LogP) is 3.35. The fraction of sp³-hybridized carbons (Fsp3) is 0.111. The Morgan fingerprint density at radius 1 is 0.581 bits per heavy atom. The van der Waals surface area contributed by atoms with E-state index in [0.29, 0.717) is 0 Å². The third kappa shape index (κ3) is 5.66. The predicted molar refractivity (Wildman–Crippen MR) is 138 cm³/mol. The van der Waals surface area contributed by atoms with Gasteiger partial charge < -0.3 is 0 Å². The zero-order chi connectivity index (χ0) is 21.8. The van der Waals surface area contributed by atoms with E-state index in [1.165, 1.54) is 29.7 Å². The first-order chi connectivity index (χ1) is 14.9. The van der Waals surface area contributed by atoms with Crippen LogP contribution in [0.4, 0.5) is 4.39 Å². The van der Waals surface area contributed by atoms with Gasteiger partial charge in [-0.15, -0.1) is 0 Å². The second-order valence-corrected chi connectivity index (χ2v) is 18.2. The van der Waals surface area contributed by atoms with Crippen LogP contribution in [0.15, 0.2) is 97.1 Å². The van der Waals surface area contributed by atoms with Crippen molar-refractivity contribution in [1.29, 1.82) is 0 Å². The summed E-state index contributed by atoms with van der Waals surface area (Å²) in [4.78, 5) is 0. The Hall–Kier alpha value is -1.93. The molecule has 0 aliphatic rings. The molecular weight excluding hydrogens is 529 g/mol. The third-order valence-corrected chi connectivity index (χ3v) is 11.5. The minimum absolute atomic E-state index is 0.0488. The second-order valence-electron chi connectivity index (χ2n) is 8.43. The summed E-state index contributed by atoms with van der Waals surface area (Å²) in [5.41, 5.74) is 2.42. The van der Waals surface area contributed by atoms with Crippen LogP contribution < -0.4 is 23.0 Å². The van der Waals surface area contributed by atoms with Gasteiger partial charge in [-0.05, 0) is 0 Å². The van der Waals surface area contributed by atoms with E-state index < -0.39 is 8.07 Å². The van der Waals surface area contributed by atoms with Gasteiger partial charge in [-0.3, -0.25) is 0 Å². The number of hydrogen-bond acceptors (Lipinski definition) is 0. The Labute approximate surface area is 198 Å². The maximum absolute atomic E-state index is 14.3. The van der Waals surface area contributed by atoms with Crippen molar-refractivity contribution in [1.82, 2.24) is 0 Å². The number of benzene rings is 4. The summed E-state index contributed by atoms with van der Waals surface area (Å²) in [5, 5.41) is 1.47. The average Bonchev–Trinajstić information content (AvgIpc) is 2.75. The quantitative estimate of drug-likeness (QED) is 0.321. The van der Waals surface area contributed by atoms with Crippen LogP contribution in [-0.4, -0.2) is 38.0 Å². The van der Waals surface area contributed by atoms with E-state index >= 15 is 0 Å². The topological polar surface area (TPSA) is 0 Å². The molecule has 0 bridgehead atoms. The molecule has 0 unspecified atom stereocenters. The van der Waals surface area contributed by atoms with Crippen molar-refractivity contribution in [3.8, 4) is 11.1 Å². The monoisotopic (exact) mass is 556 g/mol. The van der Waals surface area contributed by atoms with Crippen molar-refractivity contribution in [3.05, 3.63) is 103 Å². The van der Waals surface area contributed by atoms with Gasteiger partial charge in [-0.2, -0.15) is 0 Å². The SMILES string of the molecule is C[Si](C)(C)c1ccc(-c2ccc(F)cc2[Se]c2ccccc2)c([Se]c2ccccc2)c1. The Balaban J connectivity index is 1.83. The molecule has 0 spiro atoms. The fourth-order valence-electron chi connectivity index (χ4n) is 3.33. The van der Waals surface area contributed by atoms with E-state index in [0.717, 1.165) is 4.46 Å². The molecule has 4 rings (SSSR count). The van der Waals surface area contributed by atoms with E-state index in [1.54, 1.807) is 12.1 Å². The molecule has 0 amide bonds. The molecule has 0 radical (unpaired) electrons. The van der Waals surface area contributed by atoms with Gasteiger partial charge in [0.25, 0.3) is 0 Å². The summed E-state index contributed by atoms with van der Waals surface area (Å²) in [6, 6.07) is 33.5. The number of rotatable bonds is 6. The van der Waals surface area contributed by atoms with E-state index in [-0.39, 0.29) is 35.7 Å². The molecule has 0 aliphatic carbocycles. The number of halogens is 1. The van der Waals surface area contributed by atoms with E-state index in [2.05, 4.69) is 92.4 Å².